The smallest absolute Gasteiger partial charge is 0.234 e. The molecule has 5 rings (SSSR count). The van der Waals surface area contributed by atoms with Crippen molar-refractivity contribution in [3.05, 3.63) is 71.3 Å². The summed E-state index contributed by atoms with van der Waals surface area (Å²) in [5, 5.41) is 3.54. The summed E-state index contributed by atoms with van der Waals surface area (Å²) >= 11 is 6.19. The number of anilines is 1. The Labute approximate surface area is 179 Å². The Morgan fingerprint density at radius 2 is 2.03 bits per heavy atom. The number of carbonyl (C=O) groups is 2. The zero-order valence-corrected chi connectivity index (χ0v) is 17.1. The maximum atomic E-state index is 13.3. The summed E-state index contributed by atoms with van der Waals surface area (Å²) in [6, 6.07) is 14.7. The molecule has 0 saturated carbocycles. The number of fused-ring (bicyclic) bond motifs is 1. The van der Waals surface area contributed by atoms with E-state index in [0.717, 1.165) is 17.0 Å². The number of amides is 2. The number of halogens is 1. The lowest BCUT2D eigenvalue weighted by Gasteiger charge is -2.23. The van der Waals surface area contributed by atoms with Crippen molar-refractivity contribution in [1.82, 2.24) is 5.32 Å². The molecular weight excluding hydrogens is 404 g/mol. The van der Waals surface area contributed by atoms with Crippen molar-refractivity contribution in [3.63, 3.8) is 0 Å². The summed E-state index contributed by atoms with van der Waals surface area (Å²) in [6.07, 6.45) is 3.46. The fourth-order valence-electron chi connectivity index (χ4n) is 4.72. The number of hydrogen-bond acceptors (Lipinski definition) is 4. The summed E-state index contributed by atoms with van der Waals surface area (Å²) < 4.78 is 11.4. The minimum Gasteiger partial charge on any atom is -0.497 e. The molecule has 2 fully saturated rings. The van der Waals surface area contributed by atoms with Crippen LogP contribution >= 0.6 is 11.6 Å². The van der Waals surface area contributed by atoms with Crippen LogP contribution in [0.1, 0.15) is 5.56 Å². The van der Waals surface area contributed by atoms with Gasteiger partial charge in [-0.25, -0.2) is 0 Å². The van der Waals surface area contributed by atoms with Gasteiger partial charge in [0.25, 0.3) is 0 Å². The van der Waals surface area contributed by atoms with Crippen LogP contribution < -0.4 is 15.0 Å². The molecule has 1 N–H and O–H groups in total. The molecule has 0 aromatic heterocycles. The van der Waals surface area contributed by atoms with E-state index >= 15 is 0 Å². The molecule has 0 aliphatic carbocycles. The van der Waals surface area contributed by atoms with Gasteiger partial charge in [-0.3, -0.25) is 9.59 Å². The van der Waals surface area contributed by atoms with Gasteiger partial charge in [-0.2, -0.15) is 0 Å². The van der Waals surface area contributed by atoms with Crippen molar-refractivity contribution >= 4 is 29.1 Å². The molecule has 154 valence electrons. The molecule has 2 bridgehead atoms. The van der Waals surface area contributed by atoms with E-state index in [1.54, 1.807) is 18.1 Å². The van der Waals surface area contributed by atoms with Gasteiger partial charge >= 0.3 is 0 Å². The van der Waals surface area contributed by atoms with Crippen LogP contribution in [0.15, 0.2) is 60.7 Å². The Bertz CT molecular complexity index is 1040. The highest BCUT2D eigenvalue weighted by molar-refractivity contribution is 6.31. The average Bonchev–Trinajstić information content (AvgIpc) is 3.41. The molecule has 1 spiro atoms. The number of benzene rings is 2. The Morgan fingerprint density at radius 1 is 1.27 bits per heavy atom. The van der Waals surface area contributed by atoms with E-state index in [4.69, 9.17) is 21.1 Å². The number of methoxy groups -OCH3 is 1. The van der Waals surface area contributed by atoms with Crippen LogP contribution in [0.2, 0.25) is 5.02 Å². The number of nitrogens with one attached hydrogen (secondary N) is 1. The average molecular weight is 425 g/mol. The summed E-state index contributed by atoms with van der Waals surface area (Å²) in [5.74, 6) is -0.669. The van der Waals surface area contributed by atoms with Crippen molar-refractivity contribution < 1.29 is 19.1 Å². The number of rotatable bonds is 5. The Morgan fingerprint density at radius 3 is 2.77 bits per heavy atom. The highest BCUT2D eigenvalue weighted by atomic mass is 35.5. The van der Waals surface area contributed by atoms with Crippen molar-refractivity contribution in [3.8, 4) is 5.75 Å². The SMILES string of the molecule is COc1ccc(N2C[C@@]34C=C[C@@H](O3)[C@@H](C(=O)NCc3ccccc3Cl)[C@@H]4C2=O)cc1. The number of ether oxygens (including phenoxy) is 2. The topological polar surface area (TPSA) is 67.9 Å². The molecule has 4 atom stereocenters. The molecule has 0 unspecified atom stereocenters. The van der Waals surface area contributed by atoms with E-state index in [1.807, 2.05) is 54.6 Å². The van der Waals surface area contributed by atoms with E-state index < -0.39 is 17.4 Å². The van der Waals surface area contributed by atoms with Crippen molar-refractivity contribution in [1.29, 1.82) is 0 Å². The van der Waals surface area contributed by atoms with Crippen LogP contribution in [0.25, 0.3) is 0 Å². The molecule has 2 aromatic carbocycles. The van der Waals surface area contributed by atoms with Gasteiger partial charge in [0.05, 0.1) is 31.6 Å². The minimum atomic E-state index is -0.756. The third-order valence-corrected chi connectivity index (χ3v) is 6.57. The zero-order chi connectivity index (χ0) is 20.9. The first-order valence-electron chi connectivity index (χ1n) is 9.86. The van der Waals surface area contributed by atoms with Crippen LogP contribution in [0.3, 0.4) is 0 Å². The predicted octanol–water partition coefficient (Wildman–Crippen LogP) is 2.95. The number of hydrogen-bond donors (Lipinski definition) is 1. The van der Waals surface area contributed by atoms with E-state index in [-0.39, 0.29) is 17.9 Å². The standard InChI is InChI=1S/C23H21ClN2O4/c1-29-16-8-6-15(7-9-16)26-13-23-11-10-18(30-23)19(20(23)22(26)28)21(27)25-12-14-4-2-3-5-17(14)24/h2-11,18-20H,12-13H2,1H3,(H,25,27)/t18-,19-,20-,23-/m1/s1. The van der Waals surface area contributed by atoms with Crippen molar-refractivity contribution in [2.24, 2.45) is 11.8 Å². The molecule has 3 aliphatic heterocycles. The maximum Gasteiger partial charge on any atom is 0.234 e. The molecular formula is C23H21ClN2O4. The molecule has 0 radical (unpaired) electrons. The number of nitrogens with zero attached hydrogens (tertiary/aromatic N) is 1. The van der Waals surface area contributed by atoms with Crippen molar-refractivity contribution in [2.45, 2.75) is 18.2 Å². The van der Waals surface area contributed by atoms with E-state index in [1.165, 1.54) is 0 Å². The maximum absolute atomic E-state index is 13.3. The van der Waals surface area contributed by atoms with Gasteiger partial charge in [0.15, 0.2) is 0 Å². The molecule has 6 nitrogen and oxygen atoms in total. The molecule has 7 heteroatoms. The normalized spacial score (nSPS) is 28.7. The monoisotopic (exact) mass is 424 g/mol. The summed E-state index contributed by atoms with van der Waals surface area (Å²) in [7, 11) is 1.60. The van der Waals surface area contributed by atoms with Gasteiger partial charge < -0.3 is 19.7 Å². The Kier molecular flexibility index (Phi) is 4.56. The molecule has 30 heavy (non-hydrogen) atoms. The first-order valence-corrected chi connectivity index (χ1v) is 10.2. The second-order valence-corrected chi connectivity index (χ2v) is 8.24. The van der Waals surface area contributed by atoms with Crippen LogP contribution in [0, 0.1) is 11.8 Å². The van der Waals surface area contributed by atoms with Gasteiger partial charge in [-0.05, 0) is 35.9 Å². The molecule has 3 heterocycles. The van der Waals surface area contributed by atoms with E-state index in [2.05, 4.69) is 5.32 Å². The molecule has 3 aliphatic rings. The van der Waals surface area contributed by atoms with Gasteiger partial charge in [0, 0.05) is 17.3 Å². The fraction of sp³-hybridized carbons (Fsp3) is 0.304. The van der Waals surface area contributed by atoms with Gasteiger partial charge in [0.1, 0.15) is 11.4 Å². The lowest BCUT2D eigenvalue weighted by Crippen LogP contribution is -2.44. The highest BCUT2D eigenvalue weighted by Gasteiger charge is 2.67. The third-order valence-electron chi connectivity index (χ3n) is 6.20. The zero-order valence-electron chi connectivity index (χ0n) is 16.4. The first-order chi connectivity index (χ1) is 14.5. The van der Waals surface area contributed by atoms with Crippen LogP contribution in [0.4, 0.5) is 5.69 Å². The Hall–Kier alpha value is -2.83. The van der Waals surface area contributed by atoms with Crippen LogP contribution in [-0.2, 0) is 20.9 Å². The first kappa shape index (κ1) is 19.2. The van der Waals surface area contributed by atoms with Crippen LogP contribution in [-0.4, -0.2) is 37.2 Å². The molecule has 2 aromatic rings. The summed E-state index contributed by atoms with van der Waals surface area (Å²) in [5.41, 5.74) is 0.841. The van der Waals surface area contributed by atoms with Crippen LogP contribution in [0.5, 0.6) is 5.75 Å². The van der Waals surface area contributed by atoms with Gasteiger partial charge in [-0.1, -0.05) is 42.0 Å². The van der Waals surface area contributed by atoms with E-state index in [9.17, 15) is 9.59 Å². The van der Waals surface area contributed by atoms with Gasteiger partial charge in [0.2, 0.25) is 11.8 Å². The second kappa shape index (κ2) is 7.15. The minimum absolute atomic E-state index is 0.0927. The number of carbonyl (C=O) groups excluding carboxylic acids is 2. The third kappa shape index (κ3) is 2.90. The molecule has 2 saturated heterocycles. The van der Waals surface area contributed by atoms with Crippen molar-refractivity contribution in [2.75, 3.05) is 18.6 Å². The summed E-state index contributed by atoms with van der Waals surface area (Å²) in [4.78, 5) is 28.1. The quantitative estimate of drug-likeness (QED) is 0.749. The fourth-order valence-corrected chi connectivity index (χ4v) is 4.92. The predicted molar refractivity (Wildman–Crippen MR) is 112 cm³/mol. The second-order valence-electron chi connectivity index (χ2n) is 7.83. The van der Waals surface area contributed by atoms with Gasteiger partial charge in [-0.15, -0.1) is 0 Å². The van der Waals surface area contributed by atoms with E-state index in [0.29, 0.717) is 18.1 Å². The largest absolute Gasteiger partial charge is 0.497 e. The lowest BCUT2D eigenvalue weighted by atomic mass is 9.77. The Balaban J connectivity index is 1.36. The highest BCUT2D eigenvalue weighted by Crippen LogP contribution is 2.52. The summed E-state index contributed by atoms with van der Waals surface area (Å²) in [6.45, 7) is 0.700. The molecule has 2 amide bonds. The lowest BCUT2D eigenvalue weighted by molar-refractivity contribution is -0.132.